The molecule has 1 aliphatic heterocycles. The number of aromatic nitrogens is 4. The van der Waals surface area contributed by atoms with Crippen LogP contribution in [-0.4, -0.2) is 32.0 Å². The third kappa shape index (κ3) is 3.08. The second kappa shape index (κ2) is 6.01. The maximum atomic E-state index is 12.1. The highest BCUT2D eigenvalue weighted by Crippen LogP contribution is 2.20. The van der Waals surface area contributed by atoms with E-state index in [-0.39, 0.29) is 11.9 Å². The summed E-state index contributed by atoms with van der Waals surface area (Å²) in [7, 11) is 1.89. The van der Waals surface area contributed by atoms with Gasteiger partial charge in [-0.1, -0.05) is 0 Å². The Labute approximate surface area is 122 Å². The molecule has 1 atom stereocenters. The molecule has 0 radical (unpaired) electrons. The Hall–Kier alpha value is -2.28. The highest BCUT2D eigenvalue weighted by atomic mass is 16.1. The van der Waals surface area contributed by atoms with Crippen molar-refractivity contribution in [3.8, 4) is 0 Å². The lowest BCUT2D eigenvalue weighted by atomic mass is 10.1. The van der Waals surface area contributed by atoms with Gasteiger partial charge in [-0.25, -0.2) is 9.97 Å². The maximum absolute atomic E-state index is 12.1. The first kappa shape index (κ1) is 13.7. The summed E-state index contributed by atoms with van der Waals surface area (Å²) in [5.74, 6) is 0.565. The summed E-state index contributed by atoms with van der Waals surface area (Å²) in [6.45, 7) is 1.36. The summed E-state index contributed by atoms with van der Waals surface area (Å²) >= 11 is 0. The van der Waals surface area contributed by atoms with E-state index in [4.69, 9.17) is 0 Å². The first-order valence-electron chi connectivity index (χ1n) is 7.04. The van der Waals surface area contributed by atoms with Crippen LogP contribution in [0.3, 0.4) is 0 Å². The van der Waals surface area contributed by atoms with Crippen molar-refractivity contribution in [1.29, 1.82) is 0 Å². The third-order valence-corrected chi connectivity index (χ3v) is 3.63. The van der Waals surface area contributed by atoms with Gasteiger partial charge in [0.15, 0.2) is 0 Å². The van der Waals surface area contributed by atoms with Crippen LogP contribution in [-0.2, 0) is 13.6 Å². The Morgan fingerprint density at radius 3 is 3.14 bits per heavy atom. The van der Waals surface area contributed by atoms with Crippen LogP contribution in [0.5, 0.6) is 0 Å². The lowest BCUT2D eigenvalue weighted by molar-refractivity contribution is 0.0944. The lowest BCUT2D eigenvalue weighted by Gasteiger charge is -2.10. The van der Waals surface area contributed by atoms with Gasteiger partial charge in [0.05, 0.1) is 30.7 Å². The average Bonchev–Trinajstić information content (AvgIpc) is 3.16. The fourth-order valence-corrected chi connectivity index (χ4v) is 2.41. The summed E-state index contributed by atoms with van der Waals surface area (Å²) in [4.78, 5) is 24.9. The van der Waals surface area contributed by atoms with E-state index in [2.05, 4.69) is 25.6 Å². The zero-order chi connectivity index (χ0) is 14.7. The van der Waals surface area contributed by atoms with E-state index in [1.165, 1.54) is 6.20 Å². The van der Waals surface area contributed by atoms with E-state index in [9.17, 15) is 4.79 Å². The predicted molar refractivity (Wildman–Crippen MR) is 76.4 cm³/mol. The van der Waals surface area contributed by atoms with E-state index in [0.717, 1.165) is 30.9 Å². The van der Waals surface area contributed by atoms with Crippen molar-refractivity contribution in [3.63, 3.8) is 0 Å². The minimum absolute atomic E-state index is 0.208. The van der Waals surface area contributed by atoms with Gasteiger partial charge in [0.1, 0.15) is 11.5 Å². The standard InChI is InChI=1S/C14H18N6O/c1-20-6-5-17-13(20)9-18-14(21)12-8-15-7-11(19-12)10-3-2-4-16-10/h5-8,10,16H,2-4,9H2,1H3,(H,18,21). The number of rotatable bonds is 4. The summed E-state index contributed by atoms with van der Waals surface area (Å²) in [6.07, 6.45) is 8.92. The van der Waals surface area contributed by atoms with Crippen LogP contribution in [0.25, 0.3) is 0 Å². The van der Waals surface area contributed by atoms with E-state index < -0.39 is 0 Å². The van der Waals surface area contributed by atoms with Gasteiger partial charge in [-0.2, -0.15) is 0 Å². The number of nitrogens with zero attached hydrogens (tertiary/aromatic N) is 4. The van der Waals surface area contributed by atoms with E-state index in [1.807, 2.05) is 17.8 Å². The normalized spacial score (nSPS) is 17.9. The molecule has 1 saturated heterocycles. The van der Waals surface area contributed by atoms with Crippen molar-refractivity contribution in [2.75, 3.05) is 6.54 Å². The Balaban J connectivity index is 1.67. The van der Waals surface area contributed by atoms with Crippen LogP contribution in [0.4, 0.5) is 0 Å². The van der Waals surface area contributed by atoms with E-state index >= 15 is 0 Å². The molecule has 1 fully saturated rings. The first-order chi connectivity index (χ1) is 10.2. The summed E-state index contributed by atoms with van der Waals surface area (Å²) in [6, 6.07) is 0.208. The van der Waals surface area contributed by atoms with Gasteiger partial charge in [0, 0.05) is 19.4 Å². The van der Waals surface area contributed by atoms with E-state index in [0.29, 0.717) is 12.2 Å². The quantitative estimate of drug-likeness (QED) is 0.858. The molecule has 0 bridgehead atoms. The molecule has 1 amide bonds. The van der Waals surface area contributed by atoms with Crippen molar-refractivity contribution in [2.24, 2.45) is 7.05 Å². The van der Waals surface area contributed by atoms with Gasteiger partial charge in [-0.3, -0.25) is 9.78 Å². The molecule has 7 heteroatoms. The molecule has 0 aliphatic carbocycles. The molecule has 2 N–H and O–H groups in total. The van der Waals surface area contributed by atoms with Crippen molar-refractivity contribution < 1.29 is 4.79 Å². The van der Waals surface area contributed by atoms with Gasteiger partial charge in [0.25, 0.3) is 5.91 Å². The molecule has 21 heavy (non-hydrogen) atoms. The molecule has 3 heterocycles. The number of carbonyl (C=O) groups excluding carboxylic acids is 1. The fraction of sp³-hybridized carbons (Fsp3) is 0.429. The minimum atomic E-state index is -0.231. The van der Waals surface area contributed by atoms with Crippen molar-refractivity contribution >= 4 is 5.91 Å². The number of hydrogen-bond donors (Lipinski definition) is 2. The summed E-state index contributed by atoms with van der Waals surface area (Å²) < 4.78 is 1.87. The van der Waals surface area contributed by atoms with Crippen LogP contribution >= 0.6 is 0 Å². The smallest absolute Gasteiger partial charge is 0.271 e. The third-order valence-electron chi connectivity index (χ3n) is 3.63. The van der Waals surface area contributed by atoms with Gasteiger partial charge in [0.2, 0.25) is 0 Å². The number of amides is 1. The number of aryl methyl sites for hydroxylation is 1. The topological polar surface area (TPSA) is 84.7 Å². The van der Waals surface area contributed by atoms with Crippen LogP contribution in [0, 0.1) is 0 Å². The Morgan fingerprint density at radius 1 is 1.52 bits per heavy atom. The molecule has 110 valence electrons. The zero-order valence-electron chi connectivity index (χ0n) is 11.9. The molecular formula is C14H18N6O. The SMILES string of the molecule is Cn1ccnc1CNC(=O)c1cncc(C2CCCN2)n1. The maximum Gasteiger partial charge on any atom is 0.271 e. The molecule has 1 aliphatic rings. The molecule has 2 aromatic heterocycles. The number of hydrogen-bond acceptors (Lipinski definition) is 5. The first-order valence-corrected chi connectivity index (χ1v) is 7.04. The van der Waals surface area contributed by atoms with Crippen molar-refractivity contribution in [1.82, 2.24) is 30.2 Å². The Morgan fingerprint density at radius 2 is 2.43 bits per heavy atom. The fourth-order valence-electron chi connectivity index (χ4n) is 2.41. The van der Waals surface area contributed by atoms with Crippen LogP contribution in [0.1, 0.15) is 40.9 Å². The van der Waals surface area contributed by atoms with Gasteiger partial charge in [-0.05, 0) is 19.4 Å². The Bertz CT molecular complexity index is 632. The zero-order valence-corrected chi connectivity index (χ0v) is 11.9. The second-order valence-electron chi connectivity index (χ2n) is 5.12. The van der Waals surface area contributed by atoms with Gasteiger partial charge in [-0.15, -0.1) is 0 Å². The summed E-state index contributed by atoms with van der Waals surface area (Å²) in [5.41, 5.74) is 1.17. The van der Waals surface area contributed by atoms with Crippen LogP contribution in [0.15, 0.2) is 24.8 Å². The van der Waals surface area contributed by atoms with Crippen LogP contribution in [0.2, 0.25) is 0 Å². The lowest BCUT2D eigenvalue weighted by Crippen LogP contribution is -2.26. The second-order valence-corrected chi connectivity index (χ2v) is 5.12. The average molecular weight is 286 g/mol. The van der Waals surface area contributed by atoms with Gasteiger partial charge >= 0.3 is 0 Å². The molecule has 7 nitrogen and oxygen atoms in total. The largest absolute Gasteiger partial charge is 0.343 e. The molecule has 0 aromatic carbocycles. The van der Waals surface area contributed by atoms with E-state index in [1.54, 1.807) is 12.4 Å². The van der Waals surface area contributed by atoms with Crippen LogP contribution < -0.4 is 10.6 Å². The minimum Gasteiger partial charge on any atom is -0.343 e. The molecule has 3 rings (SSSR count). The molecule has 2 aromatic rings. The highest BCUT2D eigenvalue weighted by molar-refractivity contribution is 5.91. The Kier molecular flexibility index (Phi) is 3.92. The summed E-state index contributed by atoms with van der Waals surface area (Å²) in [5, 5.41) is 6.17. The number of nitrogens with one attached hydrogen (secondary N) is 2. The number of carbonyl (C=O) groups is 1. The molecular weight excluding hydrogens is 268 g/mol. The van der Waals surface area contributed by atoms with Crippen molar-refractivity contribution in [3.05, 3.63) is 42.0 Å². The highest BCUT2D eigenvalue weighted by Gasteiger charge is 2.19. The molecule has 0 spiro atoms. The molecule has 0 saturated carbocycles. The predicted octanol–water partition coefficient (Wildman–Crippen LogP) is 0.565. The van der Waals surface area contributed by atoms with Crippen molar-refractivity contribution in [2.45, 2.75) is 25.4 Å². The monoisotopic (exact) mass is 286 g/mol. The molecule has 1 unspecified atom stereocenters. The number of imidazole rings is 1. The van der Waals surface area contributed by atoms with Gasteiger partial charge < -0.3 is 15.2 Å².